The van der Waals surface area contributed by atoms with Crippen LogP contribution in [0.1, 0.15) is 26.2 Å². The normalized spacial score (nSPS) is 23.0. The van der Waals surface area contributed by atoms with Crippen molar-refractivity contribution in [2.45, 2.75) is 32.2 Å². The van der Waals surface area contributed by atoms with E-state index < -0.39 is 10.8 Å². The summed E-state index contributed by atoms with van der Waals surface area (Å²) >= 11 is 0. The smallest absolute Gasteiger partial charge is 0.123 e. The third-order valence-corrected chi connectivity index (χ3v) is 4.54. The average molecular weight is 282 g/mol. The lowest BCUT2D eigenvalue weighted by Gasteiger charge is -2.24. The first kappa shape index (κ1) is 14.2. The SMILES string of the molecule is CCCOc1cc(N)cc(NC2CCS(=O)CC2)c1. The Morgan fingerprint density at radius 3 is 2.79 bits per heavy atom. The zero-order chi connectivity index (χ0) is 13.7. The van der Waals surface area contributed by atoms with Gasteiger partial charge in [-0.2, -0.15) is 0 Å². The van der Waals surface area contributed by atoms with Crippen molar-refractivity contribution in [3.05, 3.63) is 18.2 Å². The summed E-state index contributed by atoms with van der Waals surface area (Å²) in [7, 11) is -0.621. The van der Waals surface area contributed by atoms with Gasteiger partial charge in [-0.1, -0.05) is 6.92 Å². The first-order valence-corrected chi connectivity index (χ1v) is 8.31. The van der Waals surface area contributed by atoms with Crippen LogP contribution in [0.2, 0.25) is 0 Å². The number of nitrogens with one attached hydrogen (secondary N) is 1. The molecule has 0 bridgehead atoms. The molecule has 19 heavy (non-hydrogen) atoms. The molecular formula is C14H22N2O2S. The van der Waals surface area contributed by atoms with Crippen molar-refractivity contribution < 1.29 is 8.95 Å². The fourth-order valence-corrected chi connectivity index (χ4v) is 3.48. The van der Waals surface area contributed by atoms with E-state index in [4.69, 9.17) is 10.5 Å². The second-order valence-corrected chi connectivity index (χ2v) is 6.60. The lowest BCUT2D eigenvalue weighted by atomic mass is 10.1. The van der Waals surface area contributed by atoms with E-state index in [2.05, 4.69) is 12.2 Å². The highest BCUT2D eigenvalue weighted by atomic mass is 32.2. The molecular weight excluding hydrogens is 260 g/mol. The zero-order valence-corrected chi connectivity index (χ0v) is 12.2. The first-order valence-electron chi connectivity index (χ1n) is 6.82. The van der Waals surface area contributed by atoms with E-state index in [0.717, 1.165) is 42.2 Å². The molecule has 1 saturated heterocycles. The van der Waals surface area contributed by atoms with Gasteiger partial charge in [-0.05, 0) is 25.3 Å². The molecule has 1 aromatic rings. The summed E-state index contributed by atoms with van der Waals surface area (Å²) in [6, 6.07) is 6.14. The van der Waals surface area contributed by atoms with Crippen LogP contribution in [0.3, 0.4) is 0 Å². The molecule has 1 fully saturated rings. The highest BCUT2D eigenvalue weighted by Crippen LogP contribution is 2.25. The van der Waals surface area contributed by atoms with Gasteiger partial charge in [0.1, 0.15) is 5.75 Å². The third kappa shape index (κ3) is 4.42. The summed E-state index contributed by atoms with van der Waals surface area (Å²) in [5.74, 6) is 2.39. The number of rotatable bonds is 5. The first-order chi connectivity index (χ1) is 9.17. The Bertz CT molecular complexity index is 441. The molecule has 2 rings (SSSR count). The van der Waals surface area contributed by atoms with E-state index >= 15 is 0 Å². The Morgan fingerprint density at radius 2 is 2.11 bits per heavy atom. The minimum Gasteiger partial charge on any atom is -0.493 e. The van der Waals surface area contributed by atoms with E-state index in [-0.39, 0.29) is 0 Å². The number of anilines is 2. The van der Waals surface area contributed by atoms with Gasteiger partial charge in [0, 0.05) is 51.9 Å². The number of hydrogen-bond donors (Lipinski definition) is 2. The van der Waals surface area contributed by atoms with Gasteiger partial charge in [0.05, 0.1) is 6.61 Å². The molecule has 3 N–H and O–H groups in total. The van der Waals surface area contributed by atoms with E-state index in [1.54, 1.807) is 0 Å². The molecule has 1 aliphatic heterocycles. The maximum atomic E-state index is 11.3. The third-order valence-electron chi connectivity index (χ3n) is 3.16. The maximum absolute atomic E-state index is 11.3. The van der Waals surface area contributed by atoms with Gasteiger partial charge in [-0.3, -0.25) is 4.21 Å². The molecule has 0 aromatic heterocycles. The molecule has 4 nitrogen and oxygen atoms in total. The number of hydrogen-bond acceptors (Lipinski definition) is 4. The van der Waals surface area contributed by atoms with Crippen molar-refractivity contribution in [3.63, 3.8) is 0 Å². The largest absolute Gasteiger partial charge is 0.493 e. The number of nitrogen functional groups attached to an aromatic ring is 1. The van der Waals surface area contributed by atoms with Crippen LogP contribution in [-0.2, 0) is 10.8 Å². The molecule has 0 radical (unpaired) electrons. The minimum atomic E-state index is -0.621. The quantitative estimate of drug-likeness (QED) is 0.814. The van der Waals surface area contributed by atoms with Crippen LogP contribution in [0, 0.1) is 0 Å². The van der Waals surface area contributed by atoms with Gasteiger partial charge in [0.15, 0.2) is 0 Å². The Morgan fingerprint density at radius 1 is 1.37 bits per heavy atom. The minimum absolute atomic E-state index is 0.388. The summed E-state index contributed by atoms with van der Waals surface area (Å²) in [5, 5.41) is 3.46. The van der Waals surface area contributed by atoms with Gasteiger partial charge < -0.3 is 15.8 Å². The van der Waals surface area contributed by atoms with Gasteiger partial charge in [-0.15, -0.1) is 0 Å². The van der Waals surface area contributed by atoms with Crippen LogP contribution in [0.25, 0.3) is 0 Å². The van der Waals surface area contributed by atoms with Gasteiger partial charge >= 0.3 is 0 Å². The van der Waals surface area contributed by atoms with Crippen molar-refractivity contribution in [1.82, 2.24) is 0 Å². The molecule has 5 heteroatoms. The molecule has 106 valence electrons. The van der Waals surface area contributed by atoms with Crippen LogP contribution in [0.5, 0.6) is 5.75 Å². The van der Waals surface area contributed by atoms with Crippen LogP contribution in [0.15, 0.2) is 18.2 Å². The molecule has 0 atom stereocenters. The van der Waals surface area contributed by atoms with E-state index in [1.165, 1.54) is 0 Å². The van der Waals surface area contributed by atoms with Crippen molar-refractivity contribution >= 4 is 22.2 Å². The standard InChI is InChI=1S/C14H22N2O2S/c1-2-5-18-14-9-11(15)8-13(10-14)16-12-3-6-19(17)7-4-12/h8-10,12,16H,2-7,15H2,1H3. The summed E-state index contributed by atoms with van der Waals surface area (Å²) in [5.41, 5.74) is 7.58. The molecule has 0 unspecified atom stereocenters. The van der Waals surface area contributed by atoms with Crippen molar-refractivity contribution in [2.24, 2.45) is 0 Å². The van der Waals surface area contributed by atoms with Gasteiger partial charge in [0.25, 0.3) is 0 Å². The van der Waals surface area contributed by atoms with E-state index in [9.17, 15) is 4.21 Å². The second kappa shape index (κ2) is 6.80. The molecule has 0 aliphatic carbocycles. The molecule has 1 aromatic carbocycles. The zero-order valence-electron chi connectivity index (χ0n) is 11.4. The summed E-state index contributed by atoms with van der Waals surface area (Å²) < 4.78 is 16.9. The summed E-state index contributed by atoms with van der Waals surface area (Å²) in [6.45, 7) is 2.78. The Labute approximate surface area is 117 Å². The van der Waals surface area contributed by atoms with Gasteiger partial charge in [-0.25, -0.2) is 0 Å². The molecule has 0 spiro atoms. The Kier molecular flexibility index (Phi) is 5.07. The van der Waals surface area contributed by atoms with E-state index in [0.29, 0.717) is 18.3 Å². The molecule has 0 saturated carbocycles. The second-order valence-electron chi connectivity index (χ2n) is 4.91. The lowest BCUT2D eigenvalue weighted by molar-refractivity contribution is 0.318. The topological polar surface area (TPSA) is 64.3 Å². The fourth-order valence-electron chi connectivity index (χ4n) is 2.18. The van der Waals surface area contributed by atoms with Crippen LogP contribution in [0.4, 0.5) is 11.4 Å². The highest BCUT2D eigenvalue weighted by Gasteiger charge is 2.17. The fraction of sp³-hybridized carbons (Fsp3) is 0.571. The lowest BCUT2D eigenvalue weighted by Crippen LogP contribution is -2.29. The monoisotopic (exact) mass is 282 g/mol. The summed E-state index contributed by atoms with van der Waals surface area (Å²) in [6.07, 6.45) is 2.88. The van der Waals surface area contributed by atoms with Crippen LogP contribution in [-0.4, -0.2) is 28.4 Å². The molecule has 1 heterocycles. The molecule has 1 aliphatic rings. The summed E-state index contributed by atoms with van der Waals surface area (Å²) in [4.78, 5) is 0. The van der Waals surface area contributed by atoms with Crippen molar-refractivity contribution in [1.29, 1.82) is 0 Å². The highest BCUT2D eigenvalue weighted by molar-refractivity contribution is 7.85. The van der Waals surface area contributed by atoms with Gasteiger partial charge in [0.2, 0.25) is 0 Å². The Balaban J connectivity index is 1.99. The average Bonchev–Trinajstić information content (AvgIpc) is 2.38. The number of ether oxygens (including phenoxy) is 1. The Hall–Kier alpha value is -1.23. The number of nitrogens with two attached hydrogens (primary N) is 1. The van der Waals surface area contributed by atoms with Crippen LogP contribution >= 0.6 is 0 Å². The van der Waals surface area contributed by atoms with Crippen molar-refractivity contribution in [2.75, 3.05) is 29.2 Å². The van der Waals surface area contributed by atoms with E-state index in [1.807, 2.05) is 18.2 Å². The molecule has 0 amide bonds. The van der Waals surface area contributed by atoms with Crippen LogP contribution < -0.4 is 15.8 Å². The maximum Gasteiger partial charge on any atom is 0.123 e. The predicted octanol–water partition coefficient (Wildman–Crippen LogP) is 2.38. The van der Waals surface area contributed by atoms with Crippen molar-refractivity contribution in [3.8, 4) is 5.75 Å². The predicted molar refractivity (Wildman–Crippen MR) is 81.2 cm³/mol. The number of benzene rings is 1.